The fourth-order valence-electron chi connectivity index (χ4n) is 2.18. The number of aliphatic hydroxyl groups is 1. The fourth-order valence-corrected chi connectivity index (χ4v) is 2.18. The summed E-state index contributed by atoms with van der Waals surface area (Å²) in [5.41, 5.74) is 0.531. The molecule has 18 heavy (non-hydrogen) atoms. The van der Waals surface area contributed by atoms with Gasteiger partial charge in [-0.05, 0) is 12.8 Å². The molecule has 0 bridgehead atoms. The topological polar surface area (TPSA) is 66.9 Å². The van der Waals surface area contributed by atoms with Crippen molar-refractivity contribution in [2.45, 2.75) is 44.8 Å². The molecule has 0 aromatic rings. The summed E-state index contributed by atoms with van der Waals surface area (Å²) in [6.07, 6.45) is 6.59. The molecule has 0 radical (unpaired) electrons. The molecule has 0 aromatic carbocycles. The third kappa shape index (κ3) is 2.44. The minimum absolute atomic E-state index is 0.171. The Morgan fingerprint density at radius 2 is 1.94 bits per heavy atom. The molecule has 2 rings (SSSR count). The predicted molar refractivity (Wildman–Crippen MR) is 66.1 cm³/mol. The number of carbonyl (C=O) groups is 2. The van der Waals surface area contributed by atoms with Gasteiger partial charge in [0.05, 0.1) is 6.61 Å². The van der Waals surface area contributed by atoms with E-state index in [9.17, 15) is 14.7 Å². The van der Waals surface area contributed by atoms with Crippen molar-refractivity contribution in [2.24, 2.45) is 0 Å². The van der Waals surface area contributed by atoms with Crippen LogP contribution in [0, 0.1) is 0 Å². The average molecular weight is 250 g/mol. The lowest BCUT2D eigenvalue weighted by atomic mass is 9.89. The Balaban J connectivity index is 2.07. The van der Waals surface area contributed by atoms with Crippen molar-refractivity contribution in [3.8, 4) is 0 Å². The first kappa shape index (κ1) is 13.2. The molecule has 2 unspecified atom stereocenters. The first-order chi connectivity index (χ1) is 8.70. The summed E-state index contributed by atoms with van der Waals surface area (Å²) in [4.78, 5) is 23.7. The Morgan fingerprint density at radius 1 is 1.22 bits per heavy atom. The fraction of sp³-hybridized carbons (Fsp3) is 0.571. The lowest BCUT2D eigenvalue weighted by molar-refractivity contribution is -0.120. The first-order valence-electron chi connectivity index (χ1n) is 6.45. The van der Waals surface area contributed by atoms with Crippen LogP contribution in [0.3, 0.4) is 0 Å². The monoisotopic (exact) mass is 250 g/mol. The van der Waals surface area contributed by atoms with Gasteiger partial charge in [0.1, 0.15) is 0 Å². The second-order valence-corrected chi connectivity index (χ2v) is 4.65. The summed E-state index contributed by atoms with van der Waals surface area (Å²) >= 11 is 0. The van der Waals surface area contributed by atoms with Gasteiger partial charge in [-0.25, -0.2) is 0 Å². The van der Waals surface area contributed by atoms with Gasteiger partial charge in [0.25, 0.3) is 0 Å². The summed E-state index contributed by atoms with van der Waals surface area (Å²) in [7, 11) is 0. The maximum atomic E-state index is 11.9. The third-order valence-electron chi connectivity index (χ3n) is 3.31. The SMILES string of the molecule is CCCCC/C=C/C1=C(CO)C(=O)C2OC2C1=O. The van der Waals surface area contributed by atoms with Crippen LogP contribution >= 0.6 is 0 Å². The molecular weight excluding hydrogens is 232 g/mol. The van der Waals surface area contributed by atoms with Gasteiger partial charge in [-0.2, -0.15) is 0 Å². The minimum Gasteiger partial charge on any atom is -0.392 e. The van der Waals surface area contributed by atoms with Crippen LogP contribution < -0.4 is 0 Å². The van der Waals surface area contributed by atoms with E-state index in [1.165, 1.54) is 0 Å². The van der Waals surface area contributed by atoms with E-state index < -0.39 is 18.8 Å². The van der Waals surface area contributed by atoms with E-state index in [1.54, 1.807) is 6.08 Å². The van der Waals surface area contributed by atoms with Crippen LogP contribution in [-0.4, -0.2) is 35.5 Å². The Bertz CT molecular complexity index is 420. The Morgan fingerprint density at radius 3 is 2.61 bits per heavy atom. The van der Waals surface area contributed by atoms with Crippen LogP contribution in [-0.2, 0) is 14.3 Å². The standard InChI is InChI=1S/C14H18O4/c1-2-3-4-5-6-7-9-10(8-15)12(17)14-13(18-14)11(9)16/h6-7,13-15H,2-5,8H2,1H3/b7-6+. The second kappa shape index (κ2) is 5.59. The highest BCUT2D eigenvalue weighted by Gasteiger charge is 2.55. The number of ketones is 2. The van der Waals surface area contributed by atoms with E-state index in [-0.39, 0.29) is 17.1 Å². The molecule has 0 saturated carbocycles. The van der Waals surface area contributed by atoms with Crippen LogP contribution in [0.5, 0.6) is 0 Å². The van der Waals surface area contributed by atoms with Crippen molar-refractivity contribution < 1.29 is 19.4 Å². The molecule has 1 fully saturated rings. The lowest BCUT2D eigenvalue weighted by Gasteiger charge is -2.10. The van der Waals surface area contributed by atoms with Gasteiger partial charge in [-0.1, -0.05) is 31.9 Å². The number of unbranched alkanes of at least 4 members (excludes halogenated alkanes) is 3. The van der Waals surface area contributed by atoms with Gasteiger partial charge in [0.2, 0.25) is 0 Å². The summed E-state index contributed by atoms with van der Waals surface area (Å²) in [6, 6.07) is 0. The summed E-state index contributed by atoms with van der Waals surface area (Å²) in [5.74, 6) is -0.411. The molecule has 98 valence electrons. The van der Waals surface area contributed by atoms with Crippen molar-refractivity contribution in [2.75, 3.05) is 6.61 Å². The van der Waals surface area contributed by atoms with E-state index >= 15 is 0 Å². The van der Waals surface area contributed by atoms with Crippen LogP contribution in [0.1, 0.15) is 32.6 Å². The smallest absolute Gasteiger partial charge is 0.195 e. The van der Waals surface area contributed by atoms with Crippen LogP contribution in [0.15, 0.2) is 23.3 Å². The minimum atomic E-state index is -0.628. The van der Waals surface area contributed by atoms with E-state index in [0.29, 0.717) is 5.57 Å². The van der Waals surface area contributed by atoms with E-state index in [4.69, 9.17) is 4.74 Å². The lowest BCUT2D eigenvalue weighted by Crippen LogP contribution is -2.28. The molecule has 1 heterocycles. The average Bonchev–Trinajstić information content (AvgIpc) is 3.15. The number of ether oxygens (including phenoxy) is 1. The number of rotatable bonds is 6. The number of hydrogen-bond acceptors (Lipinski definition) is 4. The van der Waals surface area contributed by atoms with Gasteiger partial charge in [-0.3, -0.25) is 9.59 Å². The van der Waals surface area contributed by atoms with E-state index in [0.717, 1.165) is 25.7 Å². The third-order valence-corrected chi connectivity index (χ3v) is 3.31. The number of carbonyl (C=O) groups excluding carboxylic acids is 2. The molecule has 2 atom stereocenters. The summed E-state index contributed by atoms with van der Waals surface area (Å²) < 4.78 is 5.02. The van der Waals surface area contributed by atoms with Crippen molar-refractivity contribution >= 4 is 11.6 Å². The van der Waals surface area contributed by atoms with Crippen molar-refractivity contribution in [3.05, 3.63) is 23.3 Å². The zero-order chi connectivity index (χ0) is 13.1. The van der Waals surface area contributed by atoms with Gasteiger partial charge < -0.3 is 9.84 Å². The van der Waals surface area contributed by atoms with Gasteiger partial charge in [0.15, 0.2) is 23.8 Å². The highest BCUT2D eigenvalue weighted by Crippen LogP contribution is 2.35. The number of epoxide rings is 1. The Hall–Kier alpha value is -1.26. The number of hydrogen-bond donors (Lipinski definition) is 1. The van der Waals surface area contributed by atoms with Gasteiger partial charge in [0, 0.05) is 11.1 Å². The second-order valence-electron chi connectivity index (χ2n) is 4.65. The number of fused-ring (bicyclic) bond motifs is 1. The van der Waals surface area contributed by atoms with Gasteiger partial charge >= 0.3 is 0 Å². The van der Waals surface area contributed by atoms with Crippen molar-refractivity contribution in [1.82, 2.24) is 0 Å². The Kier molecular flexibility index (Phi) is 4.09. The molecule has 0 amide bonds. The highest BCUT2D eigenvalue weighted by molar-refractivity contribution is 6.20. The molecule has 0 spiro atoms. The molecule has 1 aliphatic heterocycles. The van der Waals surface area contributed by atoms with Crippen LogP contribution in [0.25, 0.3) is 0 Å². The molecule has 1 aliphatic carbocycles. The maximum Gasteiger partial charge on any atom is 0.195 e. The van der Waals surface area contributed by atoms with E-state index in [1.807, 2.05) is 6.08 Å². The highest BCUT2D eigenvalue weighted by atomic mass is 16.6. The molecule has 1 saturated heterocycles. The number of aliphatic hydroxyl groups excluding tert-OH is 1. The zero-order valence-electron chi connectivity index (χ0n) is 10.5. The summed E-state index contributed by atoms with van der Waals surface area (Å²) in [5, 5.41) is 9.21. The van der Waals surface area contributed by atoms with Crippen molar-refractivity contribution in [1.29, 1.82) is 0 Å². The summed E-state index contributed by atoms with van der Waals surface area (Å²) in [6.45, 7) is 1.73. The molecule has 2 aliphatic rings. The maximum absolute atomic E-state index is 11.9. The van der Waals surface area contributed by atoms with Crippen molar-refractivity contribution in [3.63, 3.8) is 0 Å². The van der Waals surface area contributed by atoms with Crippen LogP contribution in [0.4, 0.5) is 0 Å². The predicted octanol–water partition coefficient (Wildman–Crippen LogP) is 1.33. The Labute approximate surface area is 106 Å². The zero-order valence-corrected chi connectivity index (χ0v) is 10.5. The van der Waals surface area contributed by atoms with E-state index in [2.05, 4.69) is 6.92 Å². The number of Topliss-reactive ketones (excluding diaryl/α,β-unsaturated/α-hetero) is 2. The molecule has 4 heteroatoms. The molecule has 0 aromatic heterocycles. The van der Waals surface area contributed by atoms with Gasteiger partial charge in [-0.15, -0.1) is 0 Å². The number of allylic oxidation sites excluding steroid dienone is 2. The normalized spacial score (nSPS) is 27.0. The largest absolute Gasteiger partial charge is 0.392 e. The first-order valence-corrected chi connectivity index (χ1v) is 6.45. The molecule has 4 nitrogen and oxygen atoms in total. The quantitative estimate of drug-likeness (QED) is 0.570. The molecule has 1 N–H and O–H groups in total. The van der Waals surface area contributed by atoms with Crippen LogP contribution in [0.2, 0.25) is 0 Å². The molecular formula is C14H18O4.